The molecular weight excluding hydrogens is 841 g/mol. The molecule has 7 N–H and O–H groups in total. The van der Waals surface area contributed by atoms with Crippen molar-refractivity contribution < 1.29 is 73.8 Å². The van der Waals surface area contributed by atoms with Gasteiger partial charge in [0.2, 0.25) is 0 Å². The Morgan fingerprint density at radius 1 is 0.477 bits per heavy atom. The van der Waals surface area contributed by atoms with E-state index in [-0.39, 0.29) is 26.1 Å². The van der Waals surface area contributed by atoms with Crippen molar-refractivity contribution in [2.75, 3.05) is 26.4 Å². The lowest BCUT2D eigenvalue weighted by Gasteiger charge is -2.42. The molecule has 0 saturated carbocycles. The summed E-state index contributed by atoms with van der Waals surface area (Å²) in [5.41, 5.74) is 0. The standard InChI is InChI=1S/C50H92O15/c1-3-5-7-9-11-13-15-17-19-21-22-24-26-28-30-32-41(52)60-35-38(63-42(53)33-31-29-27-25-23-20-18-16-14-12-10-8-6-4-2)36-61-49-48(59)46(57)44(55)40(65-49)37-62-50-47(58)45(56)43(54)39(34-51)64-50/h17,19,38-40,43-51,54-59H,3-16,18,20-37H2,1-2H3/b19-17+/t38-,39-,40-,43+,44+,45?,46?,47?,48?,49-,50-/m1/s1. The van der Waals surface area contributed by atoms with Gasteiger partial charge in [-0.25, -0.2) is 0 Å². The number of hydrogen-bond donors (Lipinski definition) is 7. The predicted molar refractivity (Wildman–Crippen MR) is 248 cm³/mol. The summed E-state index contributed by atoms with van der Waals surface area (Å²) >= 11 is 0. The fourth-order valence-corrected chi connectivity index (χ4v) is 8.21. The highest BCUT2D eigenvalue weighted by atomic mass is 16.7. The highest BCUT2D eigenvalue weighted by Crippen LogP contribution is 2.26. The number of ether oxygens (including phenoxy) is 6. The number of hydrogen-bond acceptors (Lipinski definition) is 15. The van der Waals surface area contributed by atoms with Crippen LogP contribution in [-0.2, 0) is 38.0 Å². The summed E-state index contributed by atoms with van der Waals surface area (Å²) in [5.74, 6) is -0.925. The molecule has 11 atom stereocenters. The minimum absolute atomic E-state index is 0.169. The first-order chi connectivity index (χ1) is 31.5. The van der Waals surface area contributed by atoms with Crippen molar-refractivity contribution in [3.8, 4) is 0 Å². The third-order valence-corrected chi connectivity index (χ3v) is 12.5. The van der Waals surface area contributed by atoms with Gasteiger partial charge >= 0.3 is 11.9 Å². The molecule has 382 valence electrons. The lowest BCUT2D eigenvalue weighted by molar-refractivity contribution is -0.332. The Balaban J connectivity index is 1.81. The van der Waals surface area contributed by atoms with Crippen LogP contribution in [0.1, 0.15) is 200 Å². The molecule has 15 nitrogen and oxygen atoms in total. The van der Waals surface area contributed by atoms with E-state index in [2.05, 4.69) is 26.0 Å². The number of esters is 2. The third kappa shape index (κ3) is 26.5. The van der Waals surface area contributed by atoms with Gasteiger partial charge in [0.15, 0.2) is 18.7 Å². The van der Waals surface area contributed by atoms with Gasteiger partial charge in [-0.3, -0.25) is 9.59 Å². The fraction of sp³-hybridized carbons (Fsp3) is 0.920. The minimum atomic E-state index is -1.76. The summed E-state index contributed by atoms with van der Waals surface area (Å²) < 4.78 is 33.6. The SMILES string of the molecule is CCCCCCCC/C=C/CCCCCCCC(=O)OC[C@H](CO[C@@H]1O[C@H](CO[C@@H]2O[C@H](CO)[C@H](O)C(O)C2O)[C@H](O)C(O)C1O)OC(=O)CCCCCCCCCCCCCCCC. The van der Waals surface area contributed by atoms with Crippen molar-refractivity contribution in [2.24, 2.45) is 0 Å². The van der Waals surface area contributed by atoms with Crippen LogP contribution in [0.2, 0.25) is 0 Å². The number of carbonyl (C=O) groups excluding carboxylic acids is 2. The van der Waals surface area contributed by atoms with Gasteiger partial charge in [0, 0.05) is 12.8 Å². The van der Waals surface area contributed by atoms with Crippen LogP contribution in [0.3, 0.4) is 0 Å². The molecular formula is C50H92O15. The zero-order chi connectivity index (χ0) is 47.5. The Hall–Kier alpha value is -1.76. The highest BCUT2D eigenvalue weighted by molar-refractivity contribution is 5.70. The number of rotatable bonds is 40. The van der Waals surface area contributed by atoms with Gasteiger partial charge in [0.05, 0.1) is 19.8 Å². The molecule has 2 rings (SSSR count). The molecule has 2 aliphatic rings. The average molecular weight is 933 g/mol. The summed E-state index contributed by atoms with van der Waals surface area (Å²) in [4.78, 5) is 25.7. The highest BCUT2D eigenvalue weighted by Gasteiger charge is 2.47. The molecule has 2 heterocycles. The molecule has 0 aliphatic carbocycles. The van der Waals surface area contributed by atoms with Gasteiger partial charge in [-0.2, -0.15) is 0 Å². The Labute approximate surface area is 390 Å². The summed E-state index contributed by atoms with van der Waals surface area (Å²) in [7, 11) is 0. The van der Waals surface area contributed by atoms with Crippen molar-refractivity contribution in [3.05, 3.63) is 12.2 Å². The molecule has 0 radical (unpaired) electrons. The lowest BCUT2D eigenvalue weighted by Crippen LogP contribution is -2.61. The summed E-state index contributed by atoms with van der Waals surface area (Å²) in [6.45, 7) is 2.59. The van der Waals surface area contributed by atoms with Gasteiger partial charge in [0.25, 0.3) is 0 Å². The van der Waals surface area contributed by atoms with E-state index in [9.17, 15) is 45.3 Å². The monoisotopic (exact) mass is 933 g/mol. The summed E-state index contributed by atoms with van der Waals surface area (Å²) in [6.07, 6.45) is 19.5. The number of aliphatic hydroxyl groups excluding tert-OH is 7. The Morgan fingerprint density at radius 2 is 0.877 bits per heavy atom. The van der Waals surface area contributed by atoms with Crippen LogP contribution >= 0.6 is 0 Å². The van der Waals surface area contributed by atoms with E-state index in [1.54, 1.807) is 0 Å². The van der Waals surface area contributed by atoms with E-state index in [4.69, 9.17) is 28.4 Å². The average Bonchev–Trinajstić information content (AvgIpc) is 3.30. The molecule has 2 aliphatic heterocycles. The summed E-state index contributed by atoms with van der Waals surface area (Å²) in [5, 5.41) is 72.0. The van der Waals surface area contributed by atoms with Crippen LogP contribution in [0.25, 0.3) is 0 Å². The summed E-state index contributed by atoms with van der Waals surface area (Å²) in [6, 6.07) is 0. The second-order valence-corrected chi connectivity index (χ2v) is 18.4. The minimum Gasteiger partial charge on any atom is -0.462 e. The maximum Gasteiger partial charge on any atom is 0.306 e. The zero-order valence-corrected chi connectivity index (χ0v) is 40.2. The van der Waals surface area contributed by atoms with Crippen LogP contribution in [-0.4, -0.2) is 142 Å². The van der Waals surface area contributed by atoms with Crippen molar-refractivity contribution >= 4 is 11.9 Å². The predicted octanol–water partition coefficient (Wildman–Crippen LogP) is 6.99. The molecule has 0 amide bonds. The molecule has 0 aromatic heterocycles. The van der Waals surface area contributed by atoms with E-state index in [0.29, 0.717) is 12.8 Å². The number of allylic oxidation sites excluding steroid dienone is 2. The quantitative estimate of drug-likeness (QED) is 0.0187. The van der Waals surface area contributed by atoms with Gasteiger partial charge in [-0.05, 0) is 38.5 Å². The Kier molecular flexibility index (Phi) is 34.8. The molecule has 2 fully saturated rings. The molecule has 2 saturated heterocycles. The van der Waals surface area contributed by atoms with Crippen LogP contribution in [0.5, 0.6) is 0 Å². The molecule has 15 heteroatoms. The van der Waals surface area contributed by atoms with Crippen LogP contribution in [0.15, 0.2) is 12.2 Å². The van der Waals surface area contributed by atoms with E-state index in [1.807, 2.05) is 0 Å². The number of carbonyl (C=O) groups is 2. The molecule has 65 heavy (non-hydrogen) atoms. The largest absolute Gasteiger partial charge is 0.462 e. The van der Waals surface area contributed by atoms with Crippen LogP contribution in [0, 0.1) is 0 Å². The molecule has 0 spiro atoms. The smallest absolute Gasteiger partial charge is 0.306 e. The lowest BCUT2D eigenvalue weighted by atomic mass is 9.98. The molecule has 0 aromatic carbocycles. The van der Waals surface area contributed by atoms with Crippen molar-refractivity contribution in [3.63, 3.8) is 0 Å². The van der Waals surface area contributed by atoms with Crippen LogP contribution < -0.4 is 0 Å². The van der Waals surface area contributed by atoms with Gasteiger partial charge in [-0.1, -0.05) is 161 Å². The van der Waals surface area contributed by atoms with E-state index >= 15 is 0 Å². The zero-order valence-electron chi connectivity index (χ0n) is 40.2. The van der Waals surface area contributed by atoms with E-state index in [1.165, 1.54) is 103 Å². The van der Waals surface area contributed by atoms with Crippen molar-refractivity contribution in [1.29, 1.82) is 0 Å². The Morgan fingerprint density at radius 3 is 1.35 bits per heavy atom. The topological polar surface area (TPSA) is 231 Å². The van der Waals surface area contributed by atoms with E-state index < -0.39 is 92.7 Å². The van der Waals surface area contributed by atoms with E-state index in [0.717, 1.165) is 57.8 Å². The molecule has 0 aromatic rings. The van der Waals surface area contributed by atoms with Gasteiger partial charge < -0.3 is 64.2 Å². The molecule has 4 unspecified atom stereocenters. The third-order valence-electron chi connectivity index (χ3n) is 12.5. The number of unbranched alkanes of at least 4 members (excludes halogenated alkanes) is 24. The first kappa shape index (κ1) is 59.4. The second kappa shape index (κ2) is 38.1. The maximum atomic E-state index is 13.0. The molecule has 0 bridgehead atoms. The maximum absolute atomic E-state index is 13.0. The normalized spacial score (nSPS) is 26.4. The second-order valence-electron chi connectivity index (χ2n) is 18.4. The first-order valence-corrected chi connectivity index (χ1v) is 25.8. The van der Waals surface area contributed by atoms with Crippen LogP contribution in [0.4, 0.5) is 0 Å². The van der Waals surface area contributed by atoms with Crippen molar-refractivity contribution in [1.82, 2.24) is 0 Å². The van der Waals surface area contributed by atoms with Crippen molar-refractivity contribution in [2.45, 2.75) is 268 Å². The van der Waals surface area contributed by atoms with Gasteiger partial charge in [-0.15, -0.1) is 0 Å². The van der Waals surface area contributed by atoms with Gasteiger partial charge in [0.1, 0.15) is 55.4 Å². The fourth-order valence-electron chi connectivity index (χ4n) is 8.21. The Bertz CT molecular complexity index is 1190. The first-order valence-electron chi connectivity index (χ1n) is 25.8. The number of aliphatic hydroxyl groups is 7.